The van der Waals surface area contributed by atoms with Crippen LogP contribution in [0.25, 0.3) is 0 Å². The van der Waals surface area contributed by atoms with Crippen molar-refractivity contribution in [1.29, 1.82) is 0 Å². The van der Waals surface area contributed by atoms with Gasteiger partial charge in [0.25, 0.3) is 0 Å². The highest BCUT2D eigenvalue weighted by atomic mass is 35.5. The molecule has 158 valence electrons. The van der Waals surface area contributed by atoms with Crippen LogP contribution in [0.5, 0.6) is 0 Å². The van der Waals surface area contributed by atoms with E-state index in [2.05, 4.69) is 10.2 Å². The molecule has 7 heteroatoms. The van der Waals surface area contributed by atoms with Crippen LogP contribution in [-0.4, -0.2) is 72.5 Å². The minimum Gasteiger partial charge on any atom is -0.341 e. The summed E-state index contributed by atoms with van der Waals surface area (Å²) in [6.45, 7) is 5.89. The van der Waals surface area contributed by atoms with E-state index in [1.54, 1.807) is 23.1 Å². The summed E-state index contributed by atoms with van der Waals surface area (Å²) < 4.78 is 0. The predicted molar refractivity (Wildman–Crippen MR) is 115 cm³/mol. The number of hydrogen-bond acceptors (Lipinski definition) is 3. The largest absolute Gasteiger partial charge is 0.341 e. The number of nitrogens with one attached hydrogen (secondary N) is 1. The van der Waals surface area contributed by atoms with E-state index in [4.69, 9.17) is 11.6 Å². The van der Waals surface area contributed by atoms with E-state index in [1.165, 1.54) is 38.8 Å². The van der Waals surface area contributed by atoms with Gasteiger partial charge in [-0.15, -0.1) is 0 Å². The highest BCUT2D eigenvalue weighted by Gasteiger charge is 2.44. The summed E-state index contributed by atoms with van der Waals surface area (Å²) in [6.07, 6.45) is 6.97. The molecule has 0 bridgehead atoms. The van der Waals surface area contributed by atoms with Gasteiger partial charge in [-0.1, -0.05) is 17.7 Å². The molecule has 3 fully saturated rings. The number of likely N-dealkylation sites (tertiary alicyclic amines) is 1. The number of carbonyl (C=O) groups excluding carboxylic acids is 2. The summed E-state index contributed by atoms with van der Waals surface area (Å²) in [5.74, 6) is 0.152. The Morgan fingerprint density at radius 1 is 1.03 bits per heavy atom. The minimum absolute atomic E-state index is 0.152. The molecule has 1 aromatic carbocycles. The van der Waals surface area contributed by atoms with Gasteiger partial charge in [0.05, 0.1) is 0 Å². The Hall–Kier alpha value is -1.79. The summed E-state index contributed by atoms with van der Waals surface area (Å²) in [5.41, 5.74) is 1.39. The summed E-state index contributed by atoms with van der Waals surface area (Å²) in [4.78, 5) is 31.3. The van der Waals surface area contributed by atoms with Crippen molar-refractivity contribution in [2.75, 3.05) is 51.1 Å². The van der Waals surface area contributed by atoms with Gasteiger partial charge in [-0.3, -0.25) is 4.79 Å². The van der Waals surface area contributed by atoms with Gasteiger partial charge in [0.15, 0.2) is 0 Å². The molecule has 0 atom stereocenters. The minimum atomic E-state index is -0.177. The Kier molecular flexibility index (Phi) is 6.30. The Morgan fingerprint density at radius 3 is 2.55 bits per heavy atom. The first-order valence-corrected chi connectivity index (χ1v) is 11.2. The number of anilines is 1. The zero-order chi connectivity index (χ0) is 20.3. The first-order chi connectivity index (χ1) is 14.0. The van der Waals surface area contributed by atoms with Gasteiger partial charge in [-0.25, -0.2) is 4.79 Å². The molecular formula is C22H31ClN4O2. The topological polar surface area (TPSA) is 55.9 Å². The number of hydrogen-bond donors (Lipinski definition) is 1. The molecule has 2 saturated heterocycles. The molecule has 6 nitrogen and oxygen atoms in total. The van der Waals surface area contributed by atoms with Crippen molar-refractivity contribution < 1.29 is 9.59 Å². The lowest BCUT2D eigenvalue weighted by atomic mass is 9.94. The highest BCUT2D eigenvalue weighted by Crippen LogP contribution is 2.53. The molecule has 0 radical (unpaired) electrons. The number of urea groups is 1. The Bertz CT molecular complexity index is 742. The molecule has 0 unspecified atom stereocenters. The predicted octanol–water partition coefficient (Wildman–Crippen LogP) is 3.67. The smallest absolute Gasteiger partial charge is 0.321 e. The van der Waals surface area contributed by atoms with E-state index >= 15 is 0 Å². The van der Waals surface area contributed by atoms with Gasteiger partial charge in [0.1, 0.15) is 0 Å². The molecule has 3 amide bonds. The Labute approximate surface area is 178 Å². The zero-order valence-corrected chi connectivity index (χ0v) is 17.8. The first kappa shape index (κ1) is 20.5. The van der Waals surface area contributed by atoms with E-state index in [0.717, 1.165) is 19.5 Å². The van der Waals surface area contributed by atoms with Crippen molar-refractivity contribution in [3.63, 3.8) is 0 Å². The van der Waals surface area contributed by atoms with Crippen LogP contribution >= 0.6 is 11.6 Å². The third kappa shape index (κ3) is 5.43. The molecule has 1 N–H and O–H groups in total. The van der Waals surface area contributed by atoms with Crippen molar-refractivity contribution >= 4 is 29.2 Å². The van der Waals surface area contributed by atoms with Crippen LogP contribution < -0.4 is 5.32 Å². The normalized spacial score (nSPS) is 21.9. The average Bonchev–Trinajstić information content (AvgIpc) is 3.49. The van der Waals surface area contributed by atoms with Crippen molar-refractivity contribution in [2.45, 2.75) is 38.5 Å². The summed E-state index contributed by atoms with van der Waals surface area (Å²) >= 11 is 5.98. The molecule has 1 aliphatic carbocycles. The van der Waals surface area contributed by atoms with Gasteiger partial charge >= 0.3 is 6.03 Å². The first-order valence-electron chi connectivity index (χ1n) is 10.8. The van der Waals surface area contributed by atoms with Gasteiger partial charge in [-0.2, -0.15) is 0 Å². The standard InChI is InChI=1S/C22H31ClN4O2/c23-18-3-1-4-19(17-18)24-21(29)27-12-5-20(28)26(15-16-27)11-2-10-25-13-8-22(6-7-22)9-14-25/h1,3-4,17H,2,5-16H2,(H,24,29). The van der Waals surface area contributed by atoms with Crippen LogP contribution in [0, 0.1) is 5.41 Å². The molecule has 1 spiro atoms. The van der Waals surface area contributed by atoms with Gasteiger partial charge < -0.3 is 20.0 Å². The molecule has 1 aromatic rings. The molecule has 0 aromatic heterocycles. The van der Waals surface area contributed by atoms with Crippen LogP contribution in [0.15, 0.2) is 24.3 Å². The average molecular weight is 419 g/mol. The molecule has 29 heavy (non-hydrogen) atoms. The second-order valence-electron chi connectivity index (χ2n) is 8.75. The third-order valence-electron chi connectivity index (χ3n) is 6.73. The van der Waals surface area contributed by atoms with Crippen LogP contribution in [0.3, 0.4) is 0 Å². The van der Waals surface area contributed by atoms with Gasteiger partial charge in [-0.05, 0) is 75.4 Å². The number of halogens is 1. The van der Waals surface area contributed by atoms with Crippen LogP contribution in [0.1, 0.15) is 38.5 Å². The molecule has 2 heterocycles. The number of amides is 3. The van der Waals surface area contributed by atoms with E-state index in [1.807, 2.05) is 11.0 Å². The van der Waals surface area contributed by atoms with Crippen molar-refractivity contribution in [3.8, 4) is 0 Å². The maximum absolute atomic E-state index is 12.6. The maximum Gasteiger partial charge on any atom is 0.321 e. The lowest BCUT2D eigenvalue weighted by molar-refractivity contribution is -0.130. The lowest BCUT2D eigenvalue weighted by Gasteiger charge is -2.32. The molecule has 4 rings (SSSR count). The number of rotatable bonds is 5. The second kappa shape index (κ2) is 8.92. The Morgan fingerprint density at radius 2 is 1.83 bits per heavy atom. The van der Waals surface area contributed by atoms with Crippen molar-refractivity contribution in [3.05, 3.63) is 29.3 Å². The SMILES string of the molecule is O=C1CCN(C(=O)Nc2cccc(Cl)c2)CCN1CCCN1CCC2(CC1)CC2. The van der Waals surface area contributed by atoms with E-state index in [-0.39, 0.29) is 11.9 Å². The molecular weight excluding hydrogens is 388 g/mol. The summed E-state index contributed by atoms with van der Waals surface area (Å²) in [6, 6.07) is 6.93. The van der Waals surface area contributed by atoms with Crippen molar-refractivity contribution in [1.82, 2.24) is 14.7 Å². The van der Waals surface area contributed by atoms with Gasteiger partial charge in [0.2, 0.25) is 5.91 Å². The monoisotopic (exact) mass is 418 g/mol. The van der Waals surface area contributed by atoms with E-state index < -0.39 is 0 Å². The fourth-order valence-electron chi connectivity index (χ4n) is 4.49. The zero-order valence-electron chi connectivity index (χ0n) is 17.0. The number of benzene rings is 1. The number of piperidine rings is 1. The quantitative estimate of drug-likeness (QED) is 0.793. The van der Waals surface area contributed by atoms with Crippen LogP contribution in [0.4, 0.5) is 10.5 Å². The summed E-state index contributed by atoms with van der Waals surface area (Å²) in [5, 5.41) is 3.46. The number of carbonyl (C=O) groups is 2. The van der Waals surface area contributed by atoms with E-state index in [9.17, 15) is 9.59 Å². The van der Waals surface area contributed by atoms with Crippen LogP contribution in [0.2, 0.25) is 5.02 Å². The lowest BCUT2D eigenvalue weighted by Crippen LogP contribution is -2.39. The maximum atomic E-state index is 12.6. The Balaban J connectivity index is 1.20. The van der Waals surface area contributed by atoms with Gasteiger partial charge in [0, 0.05) is 43.3 Å². The second-order valence-corrected chi connectivity index (χ2v) is 9.19. The van der Waals surface area contributed by atoms with Crippen LogP contribution in [-0.2, 0) is 4.79 Å². The molecule has 1 saturated carbocycles. The molecule has 3 aliphatic rings. The third-order valence-corrected chi connectivity index (χ3v) is 6.96. The fraction of sp³-hybridized carbons (Fsp3) is 0.636. The summed E-state index contributed by atoms with van der Waals surface area (Å²) in [7, 11) is 0. The number of nitrogens with zero attached hydrogens (tertiary/aromatic N) is 3. The van der Waals surface area contributed by atoms with Crippen molar-refractivity contribution in [2.24, 2.45) is 5.41 Å². The highest BCUT2D eigenvalue weighted by molar-refractivity contribution is 6.30. The fourth-order valence-corrected chi connectivity index (χ4v) is 4.68. The molecule has 2 aliphatic heterocycles. The van der Waals surface area contributed by atoms with E-state index in [0.29, 0.717) is 42.2 Å².